The van der Waals surface area contributed by atoms with E-state index in [1.165, 1.54) is 11.1 Å². The lowest BCUT2D eigenvalue weighted by molar-refractivity contribution is 0.00578. The molecule has 104 valence electrons. The summed E-state index contributed by atoms with van der Waals surface area (Å²) in [4.78, 5) is 0. The van der Waals surface area contributed by atoms with Gasteiger partial charge in [0.2, 0.25) is 0 Å². The number of hydrogen-bond acceptors (Lipinski definition) is 2. The summed E-state index contributed by atoms with van der Waals surface area (Å²) in [5.41, 5.74) is 3.26. The second-order valence-corrected chi connectivity index (χ2v) is 6.86. The molecule has 0 unspecified atom stereocenters. The highest BCUT2D eigenvalue weighted by Crippen LogP contribution is 2.36. The first-order valence-electron chi connectivity index (χ1n) is 7.10. The summed E-state index contributed by atoms with van der Waals surface area (Å²) < 4.78 is 12.2. The van der Waals surface area contributed by atoms with E-state index in [9.17, 15) is 0 Å². The molecule has 0 saturated carbocycles. The average molecular weight is 260 g/mol. The summed E-state index contributed by atoms with van der Waals surface area (Å²) >= 11 is 0. The van der Waals surface area contributed by atoms with Crippen LogP contribution in [-0.4, -0.2) is 18.3 Å². The molecule has 0 bridgehead atoms. The van der Waals surface area contributed by atoms with E-state index in [1.807, 2.05) is 0 Å². The Morgan fingerprint density at radius 1 is 1.00 bits per heavy atom. The lowest BCUT2D eigenvalue weighted by atomic mass is 9.77. The fourth-order valence-corrected chi connectivity index (χ4v) is 2.47. The number of rotatable bonds is 2. The third-order valence-corrected chi connectivity index (χ3v) is 4.44. The van der Waals surface area contributed by atoms with E-state index in [4.69, 9.17) is 9.31 Å². The van der Waals surface area contributed by atoms with Crippen molar-refractivity contribution in [1.29, 1.82) is 0 Å². The summed E-state index contributed by atoms with van der Waals surface area (Å²) in [7, 11) is -0.259. The van der Waals surface area contributed by atoms with E-state index in [1.54, 1.807) is 0 Å². The van der Waals surface area contributed by atoms with Gasteiger partial charge < -0.3 is 9.31 Å². The topological polar surface area (TPSA) is 18.5 Å². The zero-order valence-electron chi connectivity index (χ0n) is 13.2. The van der Waals surface area contributed by atoms with Crippen LogP contribution in [-0.2, 0) is 9.31 Å². The van der Waals surface area contributed by atoms with E-state index in [0.717, 1.165) is 5.46 Å². The lowest BCUT2D eigenvalue weighted by Crippen LogP contribution is -2.41. The van der Waals surface area contributed by atoms with Crippen LogP contribution < -0.4 is 5.46 Å². The molecule has 2 rings (SSSR count). The van der Waals surface area contributed by atoms with Gasteiger partial charge in [0, 0.05) is 0 Å². The monoisotopic (exact) mass is 260 g/mol. The molecule has 1 heterocycles. The fourth-order valence-electron chi connectivity index (χ4n) is 2.47. The van der Waals surface area contributed by atoms with Gasteiger partial charge in [-0.1, -0.05) is 32.0 Å². The number of hydrogen-bond donors (Lipinski definition) is 0. The van der Waals surface area contributed by atoms with Gasteiger partial charge in [0.05, 0.1) is 11.2 Å². The van der Waals surface area contributed by atoms with Crippen molar-refractivity contribution in [2.75, 3.05) is 0 Å². The van der Waals surface area contributed by atoms with Gasteiger partial charge in [-0.2, -0.15) is 0 Å². The highest BCUT2D eigenvalue weighted by atomic mass is 16.7. The molecule has 0 aliphatic carbocycles. The average Bonchev–Trinajstić information content (AvgIpc) is 2.47. The lowest BCUT2D eigenvalue weighted by Gasteiger charge is -2.32. The van der Waals surface area contributed by atoms with E-state index in [2.05, 4.69) is 66.7 Å². The summed E-state index contributed by atoms with van der Waals surface area (Å²) in [6.45, 7) is 14.9. The van der Waals surface area contributed by atoms with Gasteiger partial charge in [0.15, 0.2) is 0 Å². The Morgan fingerprint density at radius 3 is 1.95 bits per heavy atom. The van der Waals surface area contributed by atoms with Crippen molar-refractivity contribution in [2.45, 2.75) is 65.6 Å². The Balaban J connectivity index is 2.28. The van der Waals surface area contributed by atoms with Crippen LogP contribution in [0.4, 0.5) is 0 Å². The molecule has 0 N–H and O–H groups in total. The van der Waals surface area contributed by atoms with Crippen LogP contribution in [0.3, 0.4) is 0 Å². The van der Waals surface area contributed by atoms with Crippen molar-refractivity contribution in [3.63, 3.8) is 0 Å². The Morgan fingerprint density at radius 2 is 1.53 bits per heavy atom. The van der Waals surface area contributed by atoms with Crippen LogP contribution in [0.5, 0.6) is 0 Å². The highest BCUT2D eigenvalue weighted by molar-refractivity contribution is 6.62. The van der Waals surface area contributed by atoms with Crippen molar-refractivity contribution in [3.8, 4) is 0 Å². The summed E-state index contributed by atoms with van der Waals surface area (Å²) in [5.74, 6) is 0.548. The van der Waals surface area contributed by atoms with Crippen molar-refractivity contribution in [1.82, 2.24) is 0 Å². The first-order chi connectivity index (χ1) is 8.64. The third kappa shape index (κ3) is 2.59. The quantitative estimate of drug-likeness (QED) is 0.758. The zero-order valence-corrected chi connectivity index (χ0v) is 13.2. The Bertz CT molecular complexity index is 462. The molecular formula is C16H25BO2. The minimum absolute atomic E-state index is 0.259. The molecule has 0 radical (unpaired) electrons. The van der Waals surface area contributed by atoms with Gasteiger partial charge in [-0.3, -0.25) is 0 Å². The Hall–Kier alpha value is -0.795. The molecule has 1 saturated heterocycles. The van der Waals surface area contributed by atoms with Gasteiger partial charge in [0.25, 0.3) is 0 Å². The second kappa shape index (κ2) is 4.64. The molecular weight excluding hydrogens is 235 g/mol. The fraction of sp³-hybridized carbons (Fsp3) is 0.625. The van der Waals surface area contributed by atoms with Crippen LogP contribution in [0.25, 0.3) is 0 Å². The first-order valence-corrected chi connectivity index (χ1v) is 7.10. The van der Waals surface area contributed by atoms with E-state index in [0.29, 0.717) is 5.92 Å². The predicted molar refractivity (Wildman–Crippen MR) is 81.0 cm³/mol. The summed E-state index contributed by atoms with van der Waals surface area (Å²) in [6.07, 6.45) is 0. The molecule has 2 nitrogen and oxygen atoms in total. The van der Waals surface area contributed by atoms with Gasteiger partial charge in [-0.15, -0.1) is 0 Å². The molecule has 3 heteroatoms. The van der Waals surface area contributed by atoms with E-state index in [-0.39, 0.29) is 18.3 Å². The maximum absolute atomic E-state index is 6.08. The molecule has 1 aliphatic rings. The summed E-state index contributed by atoms with van der Waals surface area (Å²) in [5, 5.41) is 0. The van der Waals surface area contributed by atoms with Gasteiger partial charge in [-0.05, 0) is 57.1 Å². The molecule has 1 fully saturated rings. The normalized spacial score (nSPS) is 21.2. The Kier molecular flexibility index (Phi) is 3.57. The van der Waals surface area contributed by atoms with Crippen molar-refractivity contribution >= 4 is 12.6 Å². The molecule has 1 aromatic rings. The third-order valence-electron chi connectivity index (χ3n) is 4.44. The maximum Gasteiger partial charge on any atom is 0.494 e. The molecule has 19 heavy (non-hydrogen) atoms. The SMILES string of the molecule is Cc1cc(B2OC(C)(C)C(C)(C)O2)ccc1C(C)C. The molecule has 0 amide bonds. The number of benzene rings is 1. The van der Waals surface area contributed by atoms with Crippen LogP contribution in [0.1, 0.15) is 58.6 Å². The molecule has 0 atom stereocenters. The minimum atomic E-state index is -0.276. The van der Waals surface area contributed by atoms with Crippen LogP contribution in [0, 0.1) is 6.92 Å². The first kappa shape index (κ1) is 14.6. The Labute approximate surface area is 117 Å². The molecule has 0 spiro atoms. The van der Waals surface area contributed by atoms with E-state index < -0.39 is 0 Å². The van der Waals surface area contributed by atoms with E-state index >= 15 is 0 Å². The molecule has 1 aromatic carbocycles. The smallest absolute Gasteiger partial charge is 0.399 e. The minimum Gasteiger partial charge on any atom is -0.399 e. The predicted octanol–water partition coefficient (Wildman–Crippen LogP) is 3.42. The number of aryl methyl sites for hydroxylation is 1. The highest BCUT2D eigenvalue weighted by Gasteiger charge is 2.51. The largest absolute Gasteiger partial charge is 0.494 e. The van der Waals surface area contributed by atoms with Crippen LogP contribution in [0.2, 0.25) is 0 Å². The van der Waals surface area contributed by atoms with Crippen LogP contribution >= 0.6 is 0 Å². The van der Waals surface area contributed by atoms with Crippen molar-refractivity contribution in [2.24, 2.45) is 0 Å². The van der Waals surface area contributed by atoms with Crippen molar-refractivity contribution < 1.29 is 9.31 Å². The summed E-state index contributed by atoms with van der Waals surface area (Å²) in [6, 6.07) is 6.52. The maximum atomic E-state index is 6.08. The second-order valence-electron chi connectivity index (χ2n) is 6.86. The van der Waals surface area contributed by atoms with Gasteiger partial charge in [-0.25, -0.2) is 0 Å². The molecule has 1 aliphatic heterocycles. The van der Waals surface area contributed by atoms with Crippen LogP contribution in [0.15, 0.2) is 18.2 Å². The molecule has 0 aromatic heterocycles. The zero-order chi connectivity index (χ0) is 14.4. The van der Waals surface area contributed by atoms with Gasteiger partial charge >= 0.3 is 7.12 Å². The standard InChI is InChI=1S/C16H25BO2/c1-11(2)14-9-8-13(10-12(14)3)17-18-15(4,5)16(6,7)19-17/h8-11H,1-7H3. The van der Waals surface area contributed by atoms with Crippen molar-refractivity contribution in [3.05, 3.63) is 29.3 Å². The van der Waals surface area contributed by atoms with Gasteiger partial charge in [0.1, 0.15) is 0 Å².